The molecule has 2 heterocycles. The lowest BCUT2D eigenvalue weighted by Gasteiger charge is -2.36. The first kappa shape index (κ1) is 20.8. The fourth-order valence-electron chi connectivity index (χ4n) is 3.88. The van der Waals surface area contributed by atoms with Crippen LogP contribution in [0.4, 0.5) is 14.5 Å². The molecule has 1 fully saturated rings. The summed E-state index contributed by atoms with van der Waals surface area (Å²) in [5.74, 6) is -0.143. The van der Waals surface area contributed by atoms with Crippen molar-refractivity contribution in [1.82, 2.24) is 15.0 Å². The van der Waals surface area contributed by atoms with Crippen LogP contribution in [0.2, 0.25) is 0 Å². The summed E-state index contributed by atoms with van der Waals surface area (Å²) in [5, 5.41) is 3.91. The van der Waals surface area contributed by atoms with Gasteiger partial charge in [-0.05, 0) is 48.5 Å². The van der Waals surface area contributed by atoms with Crippen molar-refractivity contribution in [2.45, 2.75) is 0 Å². The lowest BCUT2D eigenvalue weighted by molar-refractivity contribution is 0.0746. The molecule has 1 aromatic heterocycles. The molecule has 0 atom stereocenters. The van der Waals surface area contributed by atoms with Crippen LogP contribution in [0, 0.1) is 11.6 Å². The van der Waals surface area contributed by atoms with Crippen LogP contribution >= 0.6 is 0 Å². The summed E-state index contributed by atoms with van der Waals surface area (Å²) < 4.78 is 32.8. The Morgan fingerprint density at radius 3 is 2.33 bits per heavy atom. The maximum atomic E-state index is 14.0. The van der Waals surface area contributed by atoms with Gasteiger partial charge in [0.05, 0.1) is 5.69 Å². The second-order valence-corrected chi connectivity index (χ2v) is 7.74. The number of aromatic nitrogens is 2. The minimum absolute atomic E-state index is 0.0827. The molecular weight excluding hydrogens is 426 g/mol. The van der Waals surface area contributed by atoms with Gasteiger partial charge in [-0.2, -0.15) is 4.98 Å². The Balaban J connectivity index is 1.25. The number of para-hydroxylation sites is 1. The summed E-state index contributed by atoms with van der Waals surface area (Å²) in [4.78, 5) is 21.0. The highest BCUT2D eigenvalue weighted by molar-refractivity contribution is 5.94. The van der Waals surface area contributed by atoms with Crippen LogP contribution in [0.3, 0.4) is 0 Å². The molecule has 0 spiro atoms. The van der Waals surface area contributed by atoms with Crippen LogP contribution in [-0.2, 0) is 0 Å². The van der Waals surface area contributed by atoms with Crippen molar-refractivity contribution in [3.63, 3.8) is 0 Å². The molecule has 6 nitrogen and oxygen atoms in total. The lowest BCUT2D eigenvalue weighted by atomic mass is 10.1. The van der Waals surface area contributed by atoms with Gasteiger partial charge in [-0.3, -0.25) is 4.79 Å². The van der Waals surface area contributed by atoms with Gasteiger partial charge in [0.2, 0.25) is 5.82 Å². The van der Waals surface area contributed by atoms with Gasteiger partial charge >= 0.3 is 0 Å². The van der Waals surface area contributed by atoms with E-state index in [2.05, 4.69) is 10.1 Å². The Morgan fingerprint density at radius 1 is 0.848 bits per heavy atom. The minimum atomic E-state index is -0.378. The molecular formula is C25H20F2N4O2. The van der Waals surface area contributed by atoms with Gasteiger partial charge in [-0.15, -0.1) is 0 Å². The first-order valence-electron chi connectivity index (χ1n) is 10.6. The van der Waals surface area contributed by atoms with Crippen LogP contribution in [0.15, 0.2) is 77.3 Å². The van der Waals surface area contributed by atoms with E-state index in [0.29, 0.717) is 48.6 Å². The summed E-state index contributed by atoms with van der Waals surface area (Å²) in [6.45, 7) is 2.15. The number of hydrogen-bond donors (Lipinski definition) is 0. The summed E-state index contributed by atoms with van der Waals surface area (Å²) in [6.07, 6.45) is 0. The molecule has 1 aliphatic heterocycles. The Morgan fingerprint density at radius 2 is 1.61 bits per heavy atom. The van der Waals surface area contributed by atoms with Gasteiger partial charge in [0.25, 0.3) is 11.8 Å². The fraction of sp³-hybridized carbons (Fsp3) is 0.160. The second kappa shape index (κ2) is 8.82. The number of benzene rings is 3. The smallest absolute Gasteiger partial charge is 0.258 e. The summed E-state index contributed by atoms with van der Waals surface area (Å²) in [5.41, 5.74) is 2.28. The number of piperazine rings is 1. The van der Waals surface area contributed by atoms with E-state index in [0.717, 1.165) is 0 Å². The minimum Gasteiger partial charge on any atom is -0.366 e. The quantitative estimate of drug-likeness (QED) is 0.457. The third kappa shape index (κ3) is 4.32. The van der Waals surface area contributed by atoms with Crippen molar-refractivity contribution < 1.29 is 18.1 Å². The first-order chi connectivity index (χ1) is 16.1. The van der Waals surface area contributed by atoms with Crippen molar-refractivity contribution in [1.29, 1.82) is 0 Å². The van der Waals surface area contributed by atoms with Crippen LogP contribution in [-0.4, -0.2) is 47.1 Å². The molecule has 1 saturated heterocycles. The molecule has 3 aromatic carbocycles. The zero-order valence-electron chi connectivity index (χ0n) is 17.6. The van der Waals surface area contributed by atoms with Gasteiger partial charge in [0, 0.05) is 42.9 Å². The highest BCUT2D eigenvalue weighted by Gasteiger charge is 2.23. The summed E-state index contributed by atoms with van der Waals surface area (Å²) in [6, 6.07) is 19.5. The van der Waals surface area contributed by atoms with Crippen LogP contribution in [0.25, 0.3) is 22.8 Å². The second-order valence-electron chi connectivity index (χ2n) is 7.74. The third-order valence-corrected chi connectivity index (χ3v) is 5.65. The fourth-order valence-corrected chi connectivity index (χ4v) is 3.88. The number of carbonyl (C=O) groups excluding carboxylic acids is 1. The van der Waals surface area contributed by atoms with Gasteiger partial charge in [0.15, 0.2) is 0 Å². The van der Waals surface area contributed by atoms with Crippen molar-refractivity contribution in [3.05, 3.63) is 90.0 Å². The van der Waals surface area contributed by atoms with E-state index < -0.39 is 0 Å². The van der Waals surface area contributed by atoms with Crippen LogP contribution in [0.5, 0.6) is 0 Å². The predicted molar refractivity (Wildman–Crippen MR) is 120 cm³/mol. The van der Waals surface area contributed by atoms with Gasteiger partial charge in [-0.25, -0.2) is 8.78 Å². The van der Waals surface area contributed by atoms with E-state index in [1.807, 2.05) is 11.0 Å². The summed E-state index contributed by atoms with van der Waals surface area (Å²) >= 11 is 0. The Labute approximate surface area is 189 Å². The third-order valence-electron chi connectivity index (χ3n) is 5.65. The van der Waals surface area contributed by atoms with E-state index in [9.17, 15) is 13.6 Å². The molecule has 5 rings (SSSR count). The zero-order chi connectivity index (χ0) is 22.8. The number of hydrogen-bond acceptors (Lipinski definition) is 5. The van der Waals surface area contributed by atoms with Crippen molar-refractivity contribution in [2.24, 2.45) is 0 Å². The average molecular weight is 446 g/mol. The summed E-state index contributed by atoms with van der Waals surface area (Å²) in [7, 11) is 0. The monoisotopic (exact) mass is 446 g/mol. The Kier molecular flexibility index (Phi) is 5.56. The first-order valence-corrected chi connectivity index (χ1v) is 10.6. The van der Waals surface area contributed by atoms with Crippen LogP contribution in [0.1, 0.15) is 10.4 Å². The number of anilines is 1. The molecule has 0 unspecified atom stereocenters. The molecule has 1 aliphatic rings. The van der Waals surface area contributed by atoms with E-state index in [1.165, 1.54) is 18.2 Å². The lowest BCUT2D eigenvalue weighted by Crippen LogP contribution is -2.49. The largest absolute Gasteiger partial charge is 0.366 e. The van der Waals surface area contributed by atoms with Gasteiger partial charge in [-0.1, -0.05) is 29.4 Å². The Bertz CT molecular complexity index is 1280. The van der Waals surface area contributed by atoms with Gasteiger partial charge < -0.3 is 14.3 Å². The molecule has 0 saturated carbocycles. The SMILES string of the molecule is O=C(c1ccc(-c2nc(-c3cccc(F)c3)no2)cc1)N1CCN(c2ccccc2F)CC1. The Hall–Kier alpha value is -4.07. The van der Waals surface area contributed by atoms with Crippen molar-refractivity contribution >= 4 is 11.6 Å². The van der Waals surface area contributed by atoms with E-state index >= 15 is 0 Å². The highest BCUT2D eigenvalue weighted by Crippen LogP contribution is 2.24. The molecule has 33 heavy (non-hydrogen) atoms. The maximum Gasteiger partial charge on any atom is 0.258 e. The van der Waals surface area contributed by atoms with Gasteiger partial charge in [0.1, 0.15) is 11.6 Å². The molecule has 1 amide bonds. The molecule has 166 valence electrons. The molecule has 0 N–H and O–H groups in total. The standard InChI is InChI=1S/C25H20F2N4O2/c26-20-5-3-4-19(16-20)23-28-24(33-29-23)17-8-10-18(11-9-17)25(32)31-14-12-30(13-15-31)22-7-2-1-6-21(22)27/h1-11,16H,12-15H2. The number of rotatable bonds is 4. The van der Waals surface area contributed by atoms with Crippen molar-refractivity contribution in [2.75, 3.05) is 31.1 Å². The average Bonchev–Trinajstić information content (AvgIpc) is 3.35. The van der Waals surface area contributed by atoms with E-state index in [1.54, 1.807) is 53.4 Å². The normalized spacial score (nSPS) is 13.9. The zero-order valence-corrected chi connectivity index (χ0v) is 17.6. The molecule has 0 bridgehead atoms. The van der Waals surface area contributed by atoms with E-state index in [-0.39, 0.29) is 29.3 Å². The number of amides is 1. The van der Waals surface area contributed by atoms with E-state index in [4.69, 9.17) is 4.52 Å². The topological polar surface area (TPSA) is 62.5 Å². The molecule has 0 radical (unpaired) electrons. The number of halogens is 2. The molecule has 8 heteroatoms. The van der Waals surface area contributed by atoms with Crippen LogP contribution < -0.4 is 4.90 Å². The van der Waals surface area contributed by atoms with Crippen molar-refractivity contribution in [3.8, 4) is 22.8 Å². The molecule has 4 aromatic rings. The number of carbonyl (C=O) groups is 1. The number of nitrogens with zero attached hydrogens (tertiary/aromatic N) is 4. The molecule has 0 aliphatic carbocycles. The predicted octanol–water partition coefficient (Wildman–Crippen LogP) is 4.64. The highest BCUT2D eigenvalue weighted by atomic mass is 19.1. The maximum absolute atomic E-state index is 14.0.